The molecule has 4 heteroatoms. The Bertz CT molecular complexity index is 406. The topological polar surface area (TPSA) is 32.3 Å². The second-order valence-corrected chi connectivity index (χ2v) is 3.82. The molecule has 1 aromatic carbocycles. The summed E-state index contributed by atoms with van der Waals surface area (Å²) in [6.45, 7) is 2.37. The van der Waals surface area contributed by atoms with Crippen molar-refractivity contribution in [2.45, 2.75) is 6.92 Å². The van der Waals surface area contributed by atoms with Gasteiger partial charge in [-0.1, -0.05) is 13.0 Å². The third kappa shape index (κ3) is 1.56. The highest BCUT2D eigenvalue weighted by Gasteiger charge is 2.26. The van der Waals surface area contributed by atoms with Crippen LogP contribution in [0.25, 0.3) is 0 Å². The molecule has 1 N–H and O–H groups in total. The Morgan fingerprint density at radius 1 is 1.53 bits per heavy atom. The lowest BCUT2D eigenvalue weighted by Gasteiger charge is -2.18. The molecule has 0 radical (unpaired) electrons. The highest BCUT2D eigenvalue weighted by atomic mass is 19.1. The zero-order valence-electron chi connectivity index (χ0n) is 8.75. The number of carbonyl (C=O) groups excluding carboxylic acids is 1. The molecule has 0 aromatic heterocycles. The van der Waals surface area contributed by atoms with Crippen LogP contribution in [-0.4, -0.2) is 19.5 Å². The van der Waals surface area contributed by atoms with E-state index >= 15 is 0 Å². The summed E-state index contributed by atoms with van der Waals surface area (Å²) in [5.74, 6) is -0.571. The maximum Gasteiger partial charge on any atom is 0.231 e. The number of para-hydroxylation sites is 1. The van der Waals surface area contributed by atoms with Crippen LogP contribution in [-0.2, 0) is 4.79 Å². The number of fused-ring (bicyclic) bond motifs is 1. The van der Waals surface area contributed by atoms with Gasteiger partial charge in [0.25, 0.3) is 0 Å². The minimum Gasteiger partial charge on any atom is -0.382 e. The summed E-state index contributed by atoms with van der Waals surface area (Å²) < 4.78 is 13.6. The highest BCUT2D eigenvalue weighted by Crippen LogP contribution is 2.31. The van der Waals surface area contributed by atoms with E-state index in [9.17, 15) is 9.18 Å². The number of hydrogen-bond donors (Lipinski definition) is 1. The van der Waals surface area contributed by atoms with Gasteiger partial charge in [0.1, 0.15) is 11.5 Å². The first-order valence-corrected chi connectivity index (χ1v) is 4.91. The Hall–Kier alpha value is -1.58. The van der Waals surface area contributed by atoms with Crippen molar-refractivity contribution in [3.63, 3.8) is 0 Å². The van der Waals surface area contributed by atoms with Crippen molar-refractivity contribution in [2.75, 3.05) is 23.8 Å². The second kappa shape index (κ2) is 3.53. The van der Waals surface area contributed by atoms with E-state index < -0.39 is 0 Å². The first-order chi connectivity index (χ1) is 7.11. The van der Waals surface area contributed by atoms with Crippen molar-refractivity contribution in [1.29, 1.82) is 0 Å². The smallest absolute Gasteiger partial charge is 0.231 e. The molecule has 1 unspecified atom stereocenters. The van der Waals surface area contributed by atoms with Crippen LogP contribution in [0.4, 0.5) is 15.8 Å². The van der Waals surface area contributed by atoms with Gasteiger partial charge in [0.15, 0.2) is 0 Å². The van der Waals surface area contributed by atoms with Gasteiger partial charge in [0.05, 0.1) is 11.6 Å². The molecule has 15 heavy (non-hydrogen) atoms. The fraction of sp³-hybridized carbons (Fsp3) is 0.364. The molecule has 1 aliphatic heterocycles. The summed E-state index contributed by atoms with van der Waals surface area (Å²) in [5, 5.41) is 3.07. The normalized spacial score (nSPS) is 20.6. The van der Waals surface area contributed by atoms with Crippen LogP contribution in [0.15, 0.2) is 18.2 Å². The Morgan fingerprint density at radius 2 is 2.27 bits per heavy atom. The van der Waals surface area contributed by atoms with Crippen molar-refractivity contribution in [1.82, 2.24) is 0 Å². The molecular formula is C11H13FN2O. The van der Waals surface area contributed by atoms with Crippen molar-refractivity contribution in [3.8, 4) is 0 Å². The Morgan fingerprint density at radius 3 is 3.00 bits per heavy atom. The predicted molar refractivity (Wildman–Crippen MR) is 57.5 cm³/mol. The van der Waals surface area contributed by atoms with Gasteiger partial charge in [-0.25, -0.2) is 4.39 Å². The van der Waals surface area contributed by atoms with E-state index in [1.165, 1.54) is 11.0 Å². The number of nitrogens with zero attached hydrogens (tertiary/aromatic N) is 1. The maximum absolute atomic E-state index is 13.6. The maximum atomic E-state index is 13.6. The molecule has 1 heterocycles. The second-order valence-electron chi connectivity index (χ2n) is 3.82. The van der Waals surface area contributed by atoms with Crippen LogP contribution in [0, 0.1) is 11.7 Å². The van der Waals surface area contributed by atoms with Crippen molar-refractivity contribution in [2.24, 2.45) is 5.92 Å². The molecule has 0 saturated heterocycles. The van der Waals surface area contributed by atoms with Crippen LogP contribution in [0.2, 0.25) is 0 Å². The van der Waals surface area contributed by atoms with Crippen molar-refractivity contribution < 1.29 is 9.18 Å². The lowest BCUT2D eigenvalue weighted by atomic mass is 10.1. The van der Waals surface area contributed by atoms with Crippen LogP contribution in [0.1, 0.15) is 6.92 Å². The molecule has 80 valence electrons. The number of carbonyl (C=O) groups is 1. The molecule has 3 nitrogen and oxygen atoms in total. The molecule has 0 bridgehead atoms. The average molecular weight is 208 g/mol. The molecule has 1 atom stereocenters. The fourth-order valence-corrected chi connectivity index (χ4v) is 1.79. The van der Waals surface area contributed by atoms with Gasteiger partial charge in [0, 0.05) is 13.6 Å². The number of benzene rings is 1. The van der Waals surface area contributed by atoms with E-state index in [1.54, 1.807) is 19.2 Å². The lowest BCUT2D eigenvalue weighted by Crippen LogP contribution is -2.32. The first kappa shape index (κ1) is 9.96. The molecular weight excluding hydrogens is 195 g/mol. The summed E-state index contributed by atoms with van der Waals surface area (Å²) in [6.07, 6.45) is 0. The standard InChI is InChI=1S/C11H13FN2O/c1-7-6-13-9-5-3-4-8(12)10(9)14(2)11(7)15/h3-5,7,13H,6H2,1-2H3. The predicted octanol–water partition coefficient (Wildman–Crippen LogP) is 1.85. The zero-order chi connectivity index (χ0) is 11.0. The third-order valence-corrected chi connectivity index (χ3v) is 2.67. The largest absolute Gasteiger partial charge is 0.382 e. The summed E-state index contributed by atoms with van der Waals surface area (Å²) in [4.78, 5) is 13.2. The molecule has 1 aromatic rings. The van der Waals surface area contributed by atoms with Gasteiger partial charge in [0.2, 0.25) is 5.91 Å². The molecule has 0 fully saturated rings. The summed E-state index contributed by atoms with van der Waals surface area (Å²) in [5.41, 5.74) is 1.02. The van der Waals surface area contributed by atoms with E-state index in [2.05, 4.69) is 5.32 Å². The van der Waals surface area contributed by atoms with Gasteiger partial charge in [-0.2, -0.15) is 0 Å². The molecule has 0 aliphatic carbocycles. The van der Waals surface area contributed by atoms with E-state index in [4.69, 9.17) is 0 Å². The first-order valence-electron chi connectivity index (χ1n) is 4.91. The Kier molecular flexibility index (Phi) is 2.34. The minimum atomic E-state index is -0.370. The molecule has 2 rings (SSSR count). The Labute approximate surface area is 87.9 Å². The fourth-order valence-electron chi connectivity index (χ4n) is 1.79. The number of halogens is 1. The number of amides is 1. The molecule has 0 spiro atoms. The van der Waals surface area contributed by atoms with E-state index in [0.717, 1.165) is 0 Å². The lowest BCUT2D eigenvalue weighted by molar-refractivity contribution is -0.121. The molecule has 1 amide bonds. The zero-order valence-corrected chi connectivity index (χ0v) is 8.75. The number of hydrogen-bond acceptors (Lipinski definition) is 2. The highest BCUT2D eigenvalue weighted by molar-refractivity contribution is 5.99. The van der Waals surface area contributed by atoms with Crippen LogP contribution < -0.4 is 10.2 Å². The van der Waals surface area contributed by atoms with Gasteiger partial charge < -0.3 is 10.2 Å². The summed E-state index contributed by atoms with van der Waals surface area (Å²) in [7, 11) is 1.60. The van der Waals surface area contributed by atoms with E-state index in [1.807, 2.05) is 6.92 Å². The van der Waals surface area contributed by atoms with Gasteiger partial charge in [-0.15, -0.1) is 0 Å². The monoisotopic (exact) mass is 208 g/mol. The van der Waals surface area contributed by atoms with Crippen LogP contribution in [0.5, 0.6) is 0 Å². The number of nitrogens with one attached hydrogen (secondary N) is 1. The average Bonchev–Trinajstić information content (AvgIpc) is 2.32. The summed E-state index contributed by atoms with van der Waals surface area (Å²) >= 11 is 0. The minimum absolute atomic E-state index is 0.0636. The van der Waals surface area contributed by atoms with Crippen molar-refractivity contribution >= 4 is 17.3 Å². The van der Waals surface area contributed by atoms with Gasteiger partial charge >= 0.3 is 0 Å². The van der Waals surface area contributed by atoms with E-state index in [0.29, 0.717) is 17.9 Å². The molecule has 0 saturated carbocycles. The quantitative estimate of drug-likeness (QED) is 0.705. The summed E-state index contributed by atoms with van der Waals surface area (Å²) in [6, 6.07) is 4.77. The SMILES string of the molecule is CC1CNc2cccc(F)c2N(C)C1=O. The molecule has 1 aliphatic rings. The third-order valence-electron chi connectivity index (χ3n) is 2.67. The van der Waals surface area contributed by atoms with E-state index in [-0.39, 0.29) is 17.6 Å². The van der Waals surface area contributed by atoms with Crippen LogP contribution >= 0.6 is 0 Å². The Balaban J connectivity index is 2.53. The van der Waals surface area contributed by atoms with Gasteiger partial charge in [-0.05, 0) is 12.1 Å². The van der Waals surface area contributed by atoms with Crippen LogP contribution in [0.3, 0.4) is 0 Å². The number of rotatable bonds is 0. The van der Waals surface area contributed by atoms with Crippen molar-refractivity contribution in [3.05, 3.63) is 24.0 Å². The number of anilines is 2. The van der Waals surface area contributed by atoms with Gasteiger partial charge in [-0.3, -0.25) is 4.79 Å².